The van der Waals surface area contributed by atoms with Gasteiger partial charge in [-0.1, -0.05) is 16.9 Å². The zero-order chi connectivity index (χ0) is 12.5. The first-order valence-electron chi connectivity index (χ1n) is 5.29. The molecule has 0 fully saturated rings. The molecule has 92 valence electrons. The van der Waals surface area contributed by atoms with Crippen molar-refractivity contribution >= 4 is 22.8 Å². The molecule has 3 heterocycles. The van der Waals surface area contributed by atoms with Gasteiger partial charge in [-0.25, -0.2) is 9.97 Å². The van der Waals surface area contributed by atoms with Crippen molar-refractivity contribution in [2.45, 2.75) is 17.7 Å². The Balaban J connectivity index is 1.86. The molecule has 3 rings (SSSR count). The molecule has 0 bridgehead atoms. The Kier molecular flexibility index (Phi) is 2.71. The molecule has 7 nitrogen and oxygen atoms in total. The van der Waals surface area contributed by atoms with Gasteiger partial charge in [0.1, 0.15) is 11.4 Å². The van der Waals surface area contributed by atoms with Gasteiger partial charge in [0.25, 0.3) is 0 Å². The van der Waals surface area contributed by atoms with Crippen LogP contribution >= 0.6 is 11.8 Å². The molecule has 0 amide bonds. The van der Waals surface area contributed by atoms with Gasteiger partial charge in [-0.2, -0.15) is 10.1 Å². The molecule has 0 aliphatic rings. The quantitative estimate of drug-likeness (QED) is 0.520. The summed E-state index contributed by atoms with van der Waals surface area (Å²) in [5, 5.41) is 9.71. The minimum atomic E-state index is 0.585. The number of hydrogen-bond acceptors (Lipinski definition) is 7. The fourth-order valence-corrected chi connectivity index (χ4v) is 2.38. The highest BCUT2D eigenvalue weighted by atomic mass is 32.2. The van der Waals surface area contributed by atoms with Crippen LogP contribution < -0.4 is 0 Å². The van der Waals surface area contributed by atoms with Crippen LogP contribution in [0.2, 0.25) is 0 Å². The highest BCUT2D eigenvalue weighted by Gasteiger charge is 2.10. The van der Waals surface area contributed by atoms with E-state index in [1.165, 1.54) is 18.1 Å². The van der Waals surface area contributed by atoms with Gasteiger partial charge in [0.15, 0.2) is 11.5 Å². The third-order valence-corrected chi connectivity index (χ3v) is 3.38. The van der Waals surface area contributed by atoms with Crippen molar-refractivity contribution in [1.29, 1.82) is 0 Å². The standard InChI is InChI=1S/C10H10N6OS/c1-6-14-8(17-15-6)4-18-10-7-3-13-16(2)9(7)11-5-12-10/h3,5H,4H2,1-2H3. The monoisotopic (exact) mass is 262 g/mol. The summed E-state index contributed by atoms with van der Waals surface area (Å²) in [6, 6.07) is 0. The highest BCUT2D eigenvalue weighted by Crippen LogP contribution is 2.26. The Morgan fingerprint density at radius 2 is 2.28 bits per heavy atom. The average molecular weight is 262 g/mol. The SMILES string of the molecule is Cc1noc(CSc2ncnc3c2cnn3C)n1. The van der Waals surface area contributed by atoms with Crippen molar-refractivity contribution < 1.29 is 4.52 Å². The zero-order valence-corrected chi connectivity index (χ0v) is 10.7. The first kappa shape index (κ1) is 11.1. The summed E-state index contributed by atoms with van der Waals surface area (Å²) in [6.07, 6.45) is 3.29. The molecule has 0 radical (unpaired) electrons. The van der Waals surface area contributed by atoms with Crippen LogP contribution in [-0.4, -0.2) is 29.9 Å². The van der Waals surface area contributed by atoms with E-state index in [0.29, 0.717) is 17.5 Å². The van der Waals surface area contributed by atoms with Gasteiger partial charge in [0.2, 0.25) is 5.89 Å². The summed E-state index contributed by atoms with van der Waals surface area (Å²) in [5.74, 6) is 1.81. The van der Waals surface area contributed by atoms with E-state index in [-0.39, 0.29) is 0 Å². The molecule has 0 atom stereocenters. The third-order valence-electron chi connectivity index (χ3n) is 2.39. The smallest absolute Gasteiger partial charge is 0.237 e. The maximum absolute atomic E-state index is 5.06. The van der Waals surface area contributed by atoms with Crippen LogP contribution in [0.4, 0.5) is 0 Å². The Labute approximate surface area is 107 Å². The second-order valence-electron chi connectivity index (χ2n) is 3.71. The highest BCUT2D eigenvalue weighted by molar-refractivity contribution is 7.98. The van der Waals surface area contributed by atoms with Crippen LogP contribution in [-0.2, 0) is 12.8 Å². The molecule has 0 N–H and O–H groups in total. The van der Waals surface area contributed by atoms with Crippen LogP contribution in [0.5, 0.6) is 0 Å². The number of nitrogens with zero attached hydrogens (tertiary/aromatic N) is 6. The maximum Gasteiger partial charge on any atom is 0.237 e. The average Bonchev–Trinajstić information content (AvgIpc) is 2.94. The largest absolute Gasteiger partial charge is 0.338 e. The number of thioether (sulfide) groups is 1. The molecular formula is C10H10N6OS. The molecule has 0 spiro atoms. The molecule has 8 heteroatoms. The first-order chi connectivity index (χ1) is 8.74. The number of fused-ring (bicyclic) bond motifs is 1. The zero-order valence-electron chi connectivity index (χ0n) is 9.86. The topological polar surface area (TPSA) is 82.5 Å². The predicted molar refractivity (Wildman–Crippen MR) is 64.9 cm³/mol. The van der Waals surface area contributed by atoms with E-state index in [4.69, 9.17) is 4.52 Å². The van der Waals surface area contributed by atoms with Crippen LogP contribution in [0, 0.1) is 6.92 Å². The van der Waals surface area contributed by atoms with Crippen LogP contribution in [0.25, 0.3) is 11.0 Å². The Morgan fingerprint density at radius 1 is 1.39 bits per heavy atom. The van der Waals surface area contributed by atoms with E-state index in [9.17, 15) is 0 Å². The summed E-state index contributed by atoms with van der Waals surface area (Å²) >= 11 is 1.53. The summed E-state index contributed by atoms with van der Waals surface area (Å²) < 4.78 is 6.78. The molecule has 0 saturated carbocycles. The first-order valence-corrected chi connectivity index (χ1v) is 6.27. The number of rotatable bonds is 3. The number of aromatic nitrogens is 6. The second kappa shape index (κ2) is 4.37. The molecular weight excluding hydrogens is 252 g/mol. The Hall–Kier alpha value is -1.96. The molecule has 0 aliphatic carbocycles. The normalized spacial score (nSPS) is 11.2. The van der Waals surface area contributed by atoms with Crippen molar-refractivity contribution in [2.24, 2.45) is 7.05 Å². The van der Waals surface area contributed by atoms with Crippen LogP contribution in [0.15, 0.2) is 22.1 Å². The van der Waals surface area contributed by atoms with Crippen molar-refractivity contribution in [3.63, 3.8) is 0 Å². The summed E-state index contributed by atoms with van der Waals surface area (Å²) in [4.78, 5) is 12.6. The van der Waals surface area contributed by atoms with E-state index in [2.05, 4.69) is 25.2 Å². The maximum atomic E-state index is 5.06. The predicted octanol–water partition coefficient (Wildman–Crippen LogP) is 1.35. The summed E-state index contributed by atoms with van der Waals surface area (Å²) in [5.41, 5.74) is 0.814. The van der Waals surface area contributed by atoms with E-state index in [1.54, 1.807) is 17.8 Å². The van der Waals surface area contributed by atoms with Crippen LogP contribution in [0.1, 0.15) is 11.7 Å². The summed E-state index contributed by atoms with van der Waals surface area (Å²) in [7, 11) is 1.85. The number of hydrogen-bond donors (Lipinski definition) is 0. The molecule has 0 saturated heterocycles. The lowest BCUT2D eigenvalue weighted by Gasteiger charge is -1.99. The minimum Gasteiger partial charge on any atom is -0.338 e. The van der Waals surface area contributed by atoms with E-state index < -0.39 is 0 Å². The van der Waals surface area contributed by atoms with Gasteiger partial charge >= 0.3 is 0 Å². The fraction of sp³-hybridized carbons (Fsp3) is 0.300. The van der Waals surface area contributed by atoms with Gasteiger partial charge in [-0.3, -0.25) is 4.68 Å². The molecule has 3 aromatic rings. The lowest BCUT2D eigenvalue weighted by molar-refractivity contribution is 0.387. The third kappa shape index (κ3) is 1.94. The second-order valence-corrected chi connectivity index (χ2v) is 4.67. The van der Waals surface area contributed by atoms with Crippen molar-refractivity contribution in [3.05, 3.63) is 24.2 Å². The Bertz CT molecular complexity index is 691. The fourth-order valence-electron chi connectivity index (χ4n) is 1.58. The van der Waals surface area contributed by atoms with E-state index in [1.807, 2.05) is 7.05 Å². The minimum absolute atomic E-state index is 0.585. The van der Waals surface area contributed by atoms with Gasteiger partial charge in [-0.05, 0) is 6.92 Å². The van der Waals surface area contributed by atoms with Gasteiger partial charge < -0.3 is 4.52 Å². The molecule has 0 aliphatic heterocycles. The van der Waals surface area contributed by atoms with Gasteiger partial charge in [0.05, 0.1) is 17.3 Å². The van der Waals surface area contributed by atoms with Crippen molar-refractivity contribution in [1.82, 2.24) is 29.9 Å². The lowest BCUT2D eigenvalue weighted by Crippen LogP contribution is -1.93. The Morgan fingerprint density at radius 3 is 3.06 bits per heavy atom. The van der Waals surface area contributed by atoms with Crippen molar-refractivity contribution in [2.75, 3.05) is 0 Å². The molecule has 3 aromatic heterocycles. The summed E-state index contributed by atoms with van der Waals surface area (Å²) in [6.45, 7) is 1.79. The van der Waals surface area contributed by atoms with Crippen LogP contribution in [0.3, 0.4) is 0 Å². The molecule has 0 unspecified atom stereocenters. The van der Waals surface area contributed by atoms with Crippen molar-refractivity contribution in [3.8, 4) is 0 Å². The van der Waals surface area contributed by atoms with E-state index in [0.717, 1.165) is 16.1 Å². The van der Waals surface area contributed by atoms with Gasteiger partial charge in [0, 0.05) is 7.05 Å². The lowest BCUT2D eigenvalue weighted by atomic mass is 10.4. The molecule has 18 heavy (non-hydrogen) atoms. The molecule has 0 aromatic carbocycles. The van der Waals surface area contributed by atoms with E-state index >= 15 is 0 Å². The van der Waals surface area contributed by atoms with Gasteiger partial charge in [-0.15, -0.1) is 0 Å². The number of aryl methyl sites for hydroxylation is 2.